The fraction of sp³-hybridized carbons (Fsp3) is 0.259. The van der Waals surface area contributed by atoms with Gasteiger partial charge in [0.1, 0.15) is 11.5 Å². The summed E-state index contributed by atoms with van der Waals surface area (Å²) in [6, 6.07) is 18.0. The molecule has 0 spiro atoms. The second kappa shape index (κ2) is 8.79. The third-order valence-corrected chi connectivity index (χ3v) is 5.42. The molecule has 1 N–H and O–H groups in total. The minimum atomic E-state index is -1.17. The first kappa shape index (κ1) is 22.7. The smallest absolute Gasteiger partial charge is 0.337 e. The first-order valence-electron chi connectivity index (χ1n) is 10.8. The summed E-state index contributed by atoms with van der Waals surface area (Å²) >= 11 is 0. The minimum absolute atomic E-state index is 0.278. The van der Waals surface area contributed by atoms with Crippen LogP contribution in [0.4, 0.5) is 4.39 Å². The van der Waals surface area contributed by atoms with Crippen molar-refractivity contribution in [3.05, 3.63) is 89.5 Å². The Morgan fingerprint density at radius 3 is 2.36 bits per heavy atom. The van der Waals surface area contributed by atoms with Gasteiger partial charge in [0.05, 0.1) is 5.60 Å². The number of halogens is 1. The Hall–Kier alpha value is -3.51. The predicted molar refractivity (Wildman–Crippen MR) is 127 cm³/mol. The molecular formula is C27H27FN2O3. The summed E-state index contributed by atoms with van der Waals surface area (Å²) in [7, 11) is 0. The number of rotatable bonds is 6. The third-order valence-electron chi connectivity index (χ3n) is 5.42. The van der Waals surface area contributed by atoms with Crippen LogP contribution in [0.3, 0.4) is 0 Å². The Morgan fingerprint density at radius 1 is 1.09 bits per heavy atom. The van der Waals surface area contributed by atoms with Crippen LogP contribution in [0.1, 0.15) is 43.7 Å². The number of nitrogens with zero attached hydrogens (tertiary/aromatic N) is 2. The van der Waals surface area contributed by atoms with E-state index in [1.54, 1.807) is 12.1 Å². The molecular weight excluding hydrogens is 419 g/mol. The van der Waals surface area contributed by atoms with E-state index in [9.17, 15) is 14.3 Å². The molecule has 0 aliphatic carbocycles. The zero-order chi connectivity index (χ0) is 23.8. The molecule has 5 nitrogen and oxygen atoms in total. The molecule has 4 rings (SSSR count). The van der Waals surface area contributed by atoms with Crippen molar-refractivity contribution in [3.63, 3.8) is 0 Å². The van der Waals surface area contributed by atoms with Crippen molar-refractivity contribution in [2.24, 2.45) is 0 Å². The quantitative estimate of drug-likeness (QED) is 0.386. The number of hydrogen-bond acceptors (Lipinski definition) is 3. The number of carbonyl (C=O) groups is 1. The molecule has 6 heteroatoms. The summed E-state index contributed by atoms with van der Waals surface area (Å²) in [5.41, 5.74) is 3.86. The highest BCUT2D eigenvalue weighted by atomic mass is 19.1. The predicted octanol–water partition coefficient (Wildman–Crippen LogP) is 6.14. The van der Waals surface area contributed by atoms with Crippen LogP contribution < -0.4 is 0 Å². The normalized spacial score (nSPS) is 12.8. The zero-order valence-electron chi connectivity index (χ0n) is 19.2. The minimum Gasteiger partial charge on any atom is -0.479 e. The lowest BCUT2D eigenvalue weighted by molar-refractivity contribution is -0.160. The van der Waals surface area contributed by atoms with Crippen molar-refractivity contribution in [1.29, 1.82) is 0 Å². The van der Waals surface area contributed by atoms with E-state index in [4.69, 9.17) is 9.72 Å². The molecule has 2 aromatic heterocycles. The number of aliphatic carboxylic acids is 1. The fourth-order valence-electron chi connectivity index (χ4n) is 4.07. The number of aryl methyl sites for hydroxylation is 1. The van der Waals surface area contributed by atoms with Crippen LogP contribution in [0.15, 0.2) is 66.9 Å². The van der Waals surface area contributed by atoms with Crippen molar-refractivity contribution < 1.29 is 19.0 Å². The summed E-state index contributed by atoms with van der Waals surface area (Å²) in [5.74, 6) is -1.34. The third kappa shape index (κ3) is 4.81. The number of aromatic nitrogens is 2. The molecule has 1 unspecified atom stereocenters. The molecule has 0 saturated carbocycles. The van der Waals surface area contributed by atoms with Crippen LogP contribution in [0.25, 0.3) is 22.2 Å². The molecule has 0 aliphatic heterocycles. The second-order valence-corrected chi connectivity index (χ2v) is 9.11. The highest BCUT2D eigenvalue weighted by Crippen LogP contribution is 2.39. The lowest BCUT2D eigenvalue weighted by atomic mass is 9.92. The molecule has 0 amide bonds. The van der Waals surface area contributed by atoms with E-state index in [0.29, 0.717) is 17.8 Å². The maximum Gasteiger partial charge on any atom is 0.337 e. The maximum absolute atomic E-state index is 13.3. The van der Waals surface area contributed by atoms with E-state index in [2.05, 4.69) is 0 Å². The van der Waals surface area contributed by atoms with Crippen LogP contribution >= 0.6 is 0 Å². The Kier molecular flexibility index (Phi) is 6.04. The lowest BCUT2D eigenvalue weighted by Gasteiger charge is -2.28. The summed E-state index contributed by atoms with van der Waals surface area (Å²) in [4.78, 5) is 17.1. The highest BCUT2D eigenvalue weighted by Gasteiger charge is 2.32. The van der Waals surface area contributed by atoms with Crippen molar-refractivity contribution in [3.8, 4) is 11.1 Å². The van der Waals surface area contributed by atoms with Crippen molar-refractivity contribution >= 4 is 17.0 Å². The fourth-order valence-corrected chi connectivity index (χ4v) is 4.07. The summed E-state index contributed by atoms with van der Waals surface area (Å²) in [5, 5.41) is 10.9. The van der Waals surface area contributed by atoms with E-state index in [-0.39, 0.29) is 5.82 Å². The molecule has 33 heavy (non-hydrogen) atoms. The number of benzene rings is 2. The Bertz CT molecular complexity index is 1290. The van der Waals surface area contributed by atoms with E-state index in [0.717, 1.165) is 27.7 Å². The zero-order valence-corrected chi connectivity index (χ0v) is 19.2. The topological polar surface area (TPSA) is 64.4 Å². The van der Waals surface area contributed by atoms with Crippen molar-refractivity contribution in [2.45, 2.75) is 45.9 Å². The van der Waals surface area contributed by atoms with Gasteiger partial charge in [0.15, 0.2) is 6.10 Å². The highest BCUT2D eigenvalue weighted by molar-refractivity contribution is 5.97. The number of pyridine rings is 1. The molecule has 2 heterocycles. The van der Waals surface area contributed by atoms with Gasteiger partial charge in [0.2, 0.25) is 0 Å². The molecule has 0 fully saturated rings. The Labute approximate surface area is 192 Å². The summed E-state index contributed by atoms with van der Waals surface area (Å²) in [6.07, 6.45) is 0.759. The molecule has 2 aromatic carbocycles. The molecule has 0 saturated heterocycles. The molecule has 0 aliphatic rings. The number of carboxylic acid groups (broad SMARTS) is 1. The van der Waals surface area contributed by atoms with Crippen LogP contribution in [0.2, 0.25) is 0 Å². The second-order valence-electron chi connectivity index (χ2n) is 9.11. The Morgan fingerprint density at radius 2 is 1.76 bits per heavy atom. The number of ether oxygens (including phenoxy) is 1. The number of hydrogen-bond donors (Lipinski definition) is 1. The van der Waals surface area contributed by atoms with E-state index in [1.165, 1.54) is 12.1 Å². The largest absolute Gasteiger partial charge is 0.479 e. The van der Waals surface area contributed by atoms with Gasteiger partial charge in [-0.25, -0.2) is 14.2 Å². The van der Waals surface area contributed by atoms with E-state index in [1.807, 2.05) is 74.9 Å². The van der Waals surface area contributed by atoms with Gasteiger partial charge in [0.25, 0.3) is 0 Å². The maximum atomic E-state index is 13.3. The number of carboxylic acids is 1. The van der Waals surface area contributed by atoms with Gasteiger partial charge in [-0.15, -0.1) is 0 Å². The monoisotopic (exact) mass is 446 g/mol. The first-order valence-corrected chi connectivity index (χ1v) is 10.8. The van der Waals surface area contributed by atoms with Gasteiger partial charge in [-0.1, -0.05) is 42.5 Å². The Balaban J connectivity index is 1.94. The molecule has 170 valence electrons. The lowest BCUT2D eigenvalue weighted by Crippen LogP contribution is -2.28. The van der Waals surface area contributed by atoms with Crippen LogP contribution in [-0.2, 0) is 16.1 Å². The molecule has 0 bridgehead atoms. The van der Waals surface area contributed by atoms with Gasteiger partial charge in [-0.05, 0) is 57.0 Å². The first-order chi connectivity index (χ1) is 15.6. The number of fused-ring (bicyclic) bond motifs is 1. The van der Waals surface area contributed by atoms with Crippen LogP contribution in [0, 0.1) is 12.7 Å². The van der Waals surface area contributed by atoms with Gasteiger partial charge in [-0.3, -0.25) is 0 Å². The van der Waals surface area contributed by atoms with Crippen molar-refractivity contribution in [2.75, 3.05) is 0 Å². The molecule has 4 aromatic rings. The standard InChI is InChI=1S/C27H27FN2O3/c1-17-22(24(26(31)32)33-27(2,3)4)23(19-8-6-5-7-9-19)21-14-15-30(25(21)29-17)16-18-10-12-20(28)13-11-18/h5-15,24H,16H2,1-4H3,(H,31,32). The molecule has 1 atom stereocenters. The van der Waals surface area contributed by atoms with Crippen molar-refractivity contribution in [1.82, 2.24) is 9.55 Å². The van der Waals surface area contributed by atoms with Crippen LogP contribution in [0.5, 0.6) is 0 Å². The summed E-state index contributed by atoms with van der Waals surface area (Å²) in [6.45, 7) is 7.85. The average Bonchev–Trinajstić information content (AvgIpc) is 3.14. The van der Waals surface area contributed by atoms with Gasteiger partial charge < -0.3 is 14.4 Å². The van der Waals surface area contributed by atoms with Crippen LogP contribution in [-0.4, -0.2) is 26.2 Å². The SMILES string of the molecule is Cc1nc2c(ccn2Cc2ccc(F)cc2)c(-c2ccccc2)c1C(OC(C)(C)C)C(=O)O. The van der Waals surface area contributed by atoms with Gasteiger partial charge in [0, 0.05) is 34.9 Å². The van der Waals surface area contributed by atoms with Gasteiger partial charge in [-0.2, -0.15) is 0 Å². The summed E-state index contributed by atoms with van der Waals surface area (Å²) < 4.78 is 21.3. The van der Waals surface area contributed by atoms with E-state index < -0.39 is 17.7 Å². The van der Waals surface area contributed by atoms with Gasteiger partial charge >= 0.3 is 5.97 Å². The van der Waals surface area contributed by atoms with E-state index >= 15 is 0 Å². The average molecular weight is 447 g/mol. The molecule has 0 radical (unpaired) electrons.